The summed E-state index contributed by atoms with van der Waals surface area (Å²) in [5.41, 5.74) is 2.75. The summed E-state index contributed by atoms with van der Waals surface area (Å²) in [6, 6.07) is 14.0. The number of carbonyl (C=O) groups excluding carboxylic acids is 1. The van der Waals surface area contributed by atoms with E-state index in [0.717, 1.165) is 26.5 Å². The Labute approximate surface area is 200 Å². The van der Waals surface area contributed by atoms with Crippen LogP contribution in [-0.4, -0.2) is 39.6 Å². The molecule has 6 nitrogen and oxygen atoms in total. The molecule has 2 aromatic heterocycles. The summed E-state index contributed by atoms with van der Waals surface area (Å²) in [5, 5.41) is 5.15. The molecule has 0 bridgehead atoms. The van der Waals surface area contributed by atoms with Crippen molar-refractivity contribution in [1.82, 2.24) is 14.8 Å². The van der Waals surface area contributed by atoms with E-state index in [4.69, 9.17) is 9.72 Å². The van der Waals surface area contributed by atoms with Crippen molar-refractivity contribution in [1.29, 1.82) is 0 Å². The highest BCUT2D eigenvalue weighted by molar-refractivity contribution is 8.00. The van der Waals surface area contributed by atoms with Crippen LogP contribution in [0.2, 0.25) is 0 Å². The van der Waals surface area contributed by atoms with Gasteiger partial charge < -0.3 is 4.74 Å². The molecule has 0 spiro atoms. The van der Waals surface area contributed by atoms with Gasteiger partial charge in [-0.25, -0.2) is 9.37 Å². The number of thiazole rings is 1. The topological polar surface area (TPSA) is 60.2 Å². The molecule has 33 heavy (non-hydrogen) atoms. The van der Waals surface area contributed by atoms with Crippen molar-refractivity contribution in [2.45, 2.75) is 32.2 Å². The maximum atomic E-state index is 13.3. The molecule has 2 heterocycles. The van der Waals surface area contributed by atoms with Gasteiger partial charge in [0, 0.05) is 17.1 Å². The number of thioether (sulfide) groups is 1. The number of aryl methyl sites for hydroxylation is 2. The van der Waals surface area contributed by atoms with E-state index in [2.05, 4.69) is 5.10 Å². The van der Waals surface area contributed by atoms with E-state index in [1.54, 1.807) is 17.0 Å². The van der Waals surface area contributed by atoms with Crippen LogP contribution in [0.25, 0.3) is 10.2 Å². The summed E-state index contributed by atoms with van der Waals surface area (Å²) in [4.78, 5) is 20.6. The quantitative estimate of drug-likeness (QED) is 0.295. The van der Waals surface area contributed by atoms with Gasteiger partial charge in [0.25, 0.3) is 0 Å². The first kappa shape index (κ1) is 23.3. The number of benzene rings is 2. The predicted molar refractivity (Wildman–Crippen MR) is 132 cm³/mol. The molecule has 4 aromatic rings. The number of amides is 1. The van der Waals surface area contributed by atoms with Gasteiger partial charge in [0.2, 0.25) is 5.91 Å². The number of rotatable bonds is 9. The third kappa shape index (κ3) is 5.54. The number of para-hydroxylation sites is 1. The Bertz CT molecular complexity index is 1250. The number of nitrogens with zero attached hydrogens (tertiary/aromatic N) is 4. The van der Waals surface area contributed by atoms with E-state index in [1.165, 1.54) is 35.2 Å². The fraction of sp³-hybridized carbons (Fsp3) is 0.292. The summed E-state index contributed by atoms with van der Waals surface area (Å²) in [6.07, 6.45) is 0. The zero-order chi connectivity index (χ0) is 23.4. The minimum Gasteiger partial charge on any atom is -0.492 e. The van der Waals surface area contributed by atoms with Crippen LogP contribution in [-0.2, 0) is 11.3 Å². The summed E-state index contributed by atoms with van der Waals surface area (Å²) >= 11 is 2.85. The molecule has 0 saturated heterocycles. The molecule has 2 aromatic carbocycles. The summed E-state index contributed by atoms with van der Waals surface area (Å²) in [6.45, 7) is 7.43. The Hall–Kier alpha value is -2.91. The molecule has 0 unspecified atom stereocenters. The summed E-state index contributed by atoms with van der Waals surface area (Å²) in [7, 11) is 0. The molecule has 0 radical (unpaired) electrons. The molecule has 0 aliphatic rings. The van der Waals surface area contributed by atoms with Crippen molar-refractivity contribution in [3.05, 3.63) is 65.7 Å². The maximum Gasteiger partial charge on any atom is 0.239 e. The summed E-state index contributed by atoms with van der Waals surface area (Å²) in [5.74, 6) is 0.570. The van der Waals surface area contributed by atoms with Gasteiger partial charge in [-0.3, -0.25) is 14.4 Å². The molecule has 172 valence electrons. The Balaban J connectivity index is 1.59. The second kappa shape index (κ2) is 10.4. The highest BCUT2D eigenvalue weighted by Crippen LogP contribution is 2.34. The number of halogens is 1. The molecule has 4 rings (SSSR count). The Morgan fingerprint density at radius 2 is 2.00 bits per heavy atom. The molecular weight excluding hydrogens is 459 g/mol. The molecular formula is C24H25FN4O2S2. The van der Waals surface area contributed by atoms with Crippen LogP contribution in [0.3, 0.4) is 0 Å². The molecule has 1 amide bonds. The van der Waals surface area contributed by atoms with Crippen LogP contribution in [0.15, 0.2) is 53.4 Å². The largest absolute Gasteiger partial charge is 0.492 e. The molecule has 9 heteroatoms. The van der Waals surface area contributed by atoms with Crippen LogP contribution in [0.1, 0.15) is 18.3 Å². The minimum atomic E-state index is -0.295. The van der Waals surface area contributed by atoms with Gasteiger partial charge in [-0.1, -0.05) is 17.4 Å². The zero-order valence-electron chi connectivity index (χ0n) is 18.7. The van der Waals surface area contributed by atoms with Gasteiger partial charge in [-0.2, -0.15) is 5.10 Å². The van der Waals surface area contributed by atoms with Crippen molar-refractivity contribution in [3.8, 4) is 5.75 Å². The normalized spacial score (nSPS) is 11.2. The smallest absolute Gasteiger partial charge is 0.239 e. The summed E-state index contributed by atoms with van der Waals surface area (Å²) < 4.78 is 21.8. The number of fused-ring (bicyclic) bond motifs is 1. The lowest BCUT2D eigenvalue weighted by Crippen LogP contribution is -2.35. The van der Waals surface area contributed by atoms with Crippen molar-refractivity contribution in [2.24, 2.45) is 0 Å². The average molecular weight is 485 g/mol. The van der Waals surface area contributed by atoms with Crippen molar-refractivity contribution in [2.75, 3.05) is 23.8 Å². The molecule has 0 saturated carbocycles. The number of hydrogen-bond acceptors (Lipinski definition) is 6. The third-order valence-electron chi connectivity index (χ3n) is 5.02. The Morgan fingerprint density at radius 1 is 1.21 bits per heavy atom. The van der Waals surface area contributed by atoms with Gasteiger partial charge in [0.1, 0.15) is 17.1 Å². The van der Waals surface area contributed by atoms with Gasteiger partial charge in [-0.05, 0) is 63.2 Å². The van der Waals surface area contributed by atoms with Gasteiger partial charge >= 0.3 is 0 Å². The maximum absolute atomic E-state index is 13.3. The van der Waals surface area contributed by atoms with Crippen molar-refractivity contribution >= 4 is 44.4 Å². The zero-order valence-corrected chi connectivity index (χ0v) is 20.4. The fourth-order valence-corrected chi connectivity index (χ4v) is 5.28. The molecule has 0 aliphatic heterocycles. The second-order valence-electron chi connectivity index (χ2n) is 7.47. The highest BCUT2D eigenvalue weighted by Gasteiger charge is 2.21. The number of carbonyl (C=O) groups is 1. The van der Waals surface area contributed by atoms with E-state index >= 15 is 0 Å². The Kier molecular flexibility index (Phi) is 7.29. The van der Waals surface area contributed by atoms with E-state index in [9.17, 15) is 9.18 Å². The molecule has 0 aliphatic carbocycles. The van der Waals surface area contributed by atoms with Crippen LogP contribution in [0.5, 0.6) is 5.75 Å². The van der Waals surface area contributed by atoms with Crippen LogP contribution < -0.4 is 9.64 Å². The number of hydrogen-bond donors (Lipinski definition) is 0. The minimum absolute atomic E-state index is 0.0668. The first-order chi connectivity index (χ1) is 15.9. The molecule has 0 atom stereocenters. The first-order valence-electron chi connectivity index (χ1n) is 10.7. The van der Waals surface area contributed by atoms with Crippen molar-refractivity contribution < 1.29 is 13.9 Å². The molecule has 0 fully saturated rings. The van der Waals surface area contributed by atoms with Gasteiger partial charge in [0.05, 0.1) is 29.3 Å². The number of anilines is 1. The molecule has 0 N–H and O–H groups in total. The lowest BCUT2D eigenvalue weighted by Gasteiger charge is -2.20. The van der Waals surface area contributed by atoms with E-state index in [1.807, 2.05) is 49.7 Å². The third-order valence-corrected chi connectivity index (χ3v) is 7.06. The van der Waals surface area contributed by atoms with Crippen molar-refractivity contribution in [3.63, 3.8) is 0 Å². The second-order valence-corrected chi connectivity index (χ2v) is 9.53. The Morgan fingerprint density at radius 3 is 2.70 bits per heavy atom. The highest BCUT2D eigenvalue weighted by atomic mass is 32.2. The predicted octanol–water partition coefficient (Wildman–Crippen LogP) is 5.47. The standard InChI is InChI=1S/C24H25FN4O2S2/c1-4-31-20-6-5-7-21-23(20)26-24(33-21)28(12-13-29-17(3)14-16(2)27-29)22(30)15-32-19-10-8-18(25)9-11-19/h5-11,14H,4,12-13,15H2,1-3H3. The lowest BCUT2D eigenvalue weighted by molar-refractivity contribution is -0.116. The van der Waals surface area contributed by atoms with Crippen LogP contribution >= 0.6 is 23.1 Å². The number of ether oxygens (including phenoxy) is 1. The van der Waals surface area contributed by atoms with Gasteiger partial charge in [-0.15, -0.1) is 11.8 Å². The van der Waals surface area contributed by atoms with Crippen LogP contribution in [0, 0.1) is 19.7 Å². The number of aromatic nitrogens is 3. The average Bonchev–Trinajstić information content (AvgIpc) is 3.36. The fourth-order valence-electron chi connectivity index (χ4n) is 3.48. The van der Waals surface area contributed by atoms with Crippen LogP contribution in [0.4, 0.5) is 9.52 Å². The van der Waals surface area contributed by atoms with Gasteiger partial charge in [0.15, 0.2) is 5.13 Å². The first-order valence-corrected chi connectivity index (χ1v) is 12.5. The SMILES string of the molecule is CCOc1cccc2sc(N(CCn3nc(C)cc3C)C(=O)CSc3ccc(F)cc3)nc12. The van der Waals surface area contributed by atoms with E-state index in [0.29, 0.717) is 30.6 Å². The monoisotopic (exact) mass is 484 g/mol. The van der Waals surface area contributed by atoms with E-state index < -0.39 is 0 Å². The van der Waals surface area contributed by atoms with E-state index in [-0.39, 0.29) is 17.5 Å². The lowest BCUT2D eigenvalue weighted by atomic mass is 10.3.